The maximum Gasteiger partial charge on any atom is 0.449 e. The lowest BCUT2D eigenvalue weighted by atomic mass is 10.3. The molecule has 0 bridgehead atoms. The van der Waals surface area contributed by atoms with Crippen LogP contribution in [0.4, 0.5) is 24.5 Å². The average molecular weight is 474 g/mol. The van der Waals surface area contributed by atoms with E-state index in [9.17, 15) is 26.4 Å². The van der Waals surface area contributed by atoms with E-state index in [2.05, 4.69) is 15.0 Å². The molecule has 0 saturated carbocycles. The highest BCUT2D eigenvalue weighted by Crippen LogP contribution is 2.31. The fourth-order valence-corrected chi connectivity index (χ4v) is 4.29. The Kier molecular flexibility index (Phi) is 5.81. The summed E-state index contributed by atoms with van der Waals surface area (Å²) in [5.74, 6) is -1.89. The van der Waals surface area contributed by atoms with Crippen LogP contribution in [0.25, 0.3) is 11.0 Å². The Bertz CT molecular complexity index is 1400. The molecule has 0 fully saturated rings. The van der Waals surface area contributed by atoms with Crippen molar-refractivity contribution >= 4 is 38.3 Å². The predicted molar refractivity (Wildman–Crippen MR) is 117 cm³/mol. The topological polar surface area (TPSA) is 93.1 Å². The molecule has 0 atom stereocenters. The Labute approximate surface area is 186 Å². The number of halogens is 3. The zero-order valence-electron chi connectivity index (χ0n) is 16.9. The van der Waals surface area contributed by atoms with Gasteiger partial charge >= 0.3 is 6.18 Å². The van der Waals surface area contributed by atoms with E-state index in [1.54, 1.807) is 42.5 Å². The minimum Gasteiger partial charge on any atom is -0.325 e. The van der Waals surface area contributed by atoms with Crippen LogP contribution < -0.4 is 10.0 Å². The van der Waals surface area contributed by atoms with Crippen molar-refractivity contribution in [3.05, 3.63) is 84.7 Å². The second-order valence-electron chi connectivity index (χ2n) is 7.05. The van der Waals surface area contributed by atoms with Gasteiger partial charge in [0.1, 0.15) is 6.54 Å². The molecule has 0 aliphatic carbocycles. The summed E-state index contributed by atoms with van der Waals surface area (Å²) >= 11 is 0. The maximum absolute atomic E-state index is 13.4. The van der Waals surface area contributed by atoms with Gasteiger partial charge in [0, 0.05) is 11.4 Å². The van der Waals surface area contributed by atoms with Crippen molar-refractivity contribution in [2.45, 2.75) is 17.6 Å². The minimum atomic E-state index is -4.74. The van der Waals surface area contributed by atoms with Crippen molar-refractivity contribution in [3.8, 4) is 0 Å². The van der Waals surface area contributed by atoms with E-state index in [1.165, 1.54) is 36.4 Å². The number of anilines is 2. The number of fused-ring (bicyclic) bond motifs is 1. The quantitative estimate of drug-likeness (QED) is 0.431. The third kappa shape index (κ3) is 4.98. The standard InChI is InChI=1S/C22H17F3N4O3S/c23-22(24,25)21-27-18-8-4-5-9-19(18)29(21)14-20(30)26-15-10-12-17(13-11-15)33(31,32)28-16-6-2-1-3-7-16/h1-13,28H,14H2,(H,26,30). The number of carbonyl (C=O) groups excluding carboxylic acids is 1. The summed E-state index contributed by atoms with van der Waals surface area (Å²) in [6.07, 6.45) is -4.74. The number of nitrogens with one attached hydrogen (secondary N) is 2. The lowest BCUT2D eigenvalue weighted by Gasteiger charge is -2.12. The van der Waals surface area contributed by atoms with Crippen LogP contribution in [-0.2, 0) is 27.5 Å². The molecule has 2 N–H and O–H groups in total. The number of hydrogen-bond donors (Lipinski definition) is 2. The fourth-order valence-electron chi connectivity index (χ4n) is 3.23. The maximum atomic E-state index is 13.4. The molecule has 3 aromatic carbocycles. The Morgan fingerprint density at radius 2 is 1.52 bits per heavy atom. The molecule has 0 spiro atoms. The van der Waals surface area contributed by atoms with Gasteiger partial charge in [-0.25, -0.2) is 13.4 Å². The highest BCUT2D eigenvalue weighted by Gasteiger charge is 2.38. The Morgan fingerprint density at radius 1 is 0.879 bits per heavy atom. The molecule has 0 radical (unpaired) electrons. The second kappa shape index (κ2) is 8.58. The second-order valence-corrected chi connectivity index (χ2v) is 8.73. The summed E-state index contributed by atoms with van der Waals surface area (Å²) in [6.45, 7) is -0.620. The number of rotatable bonds is 6. The van der Waals surface area contributed by atoms with Crippen LogP contribution in [0, 0.1) is 0 Å². The monoisotopic (exact) mass is 474 g/mol. The van der Waals surface area contributed by atoms with E-state index in [-0.39, 0.29) is 21.6 Å². The average Bonchev–Trinajstić information content (AvgIpc) is 3.13. The number of carbonyl (C=O) groups is 1. The first-order chi connectivity index (χ1) is 15.6. The highest BCUT2D eigenvalue weighted by molar-refractivity contribution is 7.92. The number of nitrogens with zero attached hydrogens (tertiary/aromatic N) is 2. The summed E-state index contributed by atoms with van der Waals surface area (Å²) in [4.78, 5) is 16.0. The largest absolute Gasteiger partial charge is 0.449 e. The number of imidazole rings is 1. The van der Waals surface area contributed by atoms with Crippen LogP contribution >= 0.6 is 0 Å². The first kappa shape index (κ1) is 22.3. The van der Waals surface area contributed by atoms with E-state index >= 15 is 0 Å². The van der Waals surface area contributed by atoms with E-state index in [1.807, 2.05) is 0 Å². The summed E-state index contributed by atoms with van der Waals surface area (Å²) in [7, 11) is -3.85. The Hall–Kier alpha value is -3.86. The predicted octanol–water partition coefficient (Wildman–Crippen LogP) is 4.49. The van der Waals surface area contributed by atoms with Crippen molar-refractivity contribution in [1.29, 1.82) is 0 Å². The number of alkyl halides is 3. The molecule has 0 saturated heterocycles. The van der Waals surface area contributed by atoms with E-state index in [0.29, 0.717) is 5.69 Å². The molecule has 0 aliphatic rings. The van der Waals surface area contributed by atoms with Crippen LogP contribution in [-0.4, -0.2) is 23.9 Å². The highest BCUT2D eigenvalue weighted by atomic mass is 32.2. The molecule has 0 unspecified atom stereocenters. The third-order valence-electron chi connectivity index (χ3n) is 4.68. The first-order valence-corrected chi connectivity index (χ1v) is 11.1. The number of amides is 1. The Morgan fingerprint density at radius 3 is 2.18 bits per heavy atom. The molecule has 1 heterocycles. The lowest BCUT2D eigenvalue weighted by molar-refractivity contribution is -0.147. The normalized spacial score (nSPS) is 12.0. The molecular formula is C22H17F3N4O3S. The zero-order valence-corrected chi connectivity index (χ0v) is 17.7. The Balaban J connectivity index is 1.50. The van der Waals surface area contributed by atoms with Crippen LogP contribution in [0.2, 0.25) is 0 Å². The van der Waals surface area contributed by atoms with Crippen LogP contribution in [0.5, 0.6) is 0 Å². The van der Waals surface area contributed by atoms with Gasteiger partial charge in [0.05, 0.1) is 15.9 Å². The van der Waals surface area contributed by atoms with Crippen LogP contribution in [0.3, 0.4) is 0 Å². The van der Waals surface area contributed by atoms with Gasteiger partial charge in [0.15, 0.2) is 0 Å². The molecule has 0 aliphatic heterocycles. The lowest BCUT2D eigenvalue weighted by Crippen LogP contribution is -2.23. The summed E-state index contributed by atoms with van der Waals surface area (Å²) in [5, 5.41) is 2.48. The molecule has 7 nitrogen and oxygen atoms in total. The van der Waals surface area contributed by atoms with Gasteiger partial charge in [0.2, 0.25) is 11.7 Å². The van der Waals surface area contributed by atoms with Gasteiger partial charge in [-0.1, -0.05) is 30.3 Å². The SMILES string of the molecule is O=C(Cn1c(C(F)(F)F)nc2ccccc21)Nc1ccc(S(=O)(=O)Nc2ccccc2)cc1. The summed E-state index contributed by atoms with van der Waals surface area (Å²) in [6, 6.07) is 19.6. The van der Waals surface area contributed by atoms with E-state index in [0.717, 1.165) is 4.57 Å². The molecule has 33 heavy (non-hydrogen) atoms. The van der Waals surface area contributed by atoms with Crippen LogP contribution in [0.15, 0.2) is 83.8 Å². The minimum absolute atomic E-state index is 0.0377. The molecule has 170 valence electrons. The molecule has 11 heteroatoms. The number of hydrogen-bond acceptors (Lipinski definition) is 4. The van der Waals surface area contributed by atoms with Crippen molar-refractivity contribution in [1.82, 2.24) is 9.55 Å². The number of benzene rings is 3. The van der Waals surface area contributed by atoms with Gasteiger partial charge in [-0.05, 0) is 48.5 Å². The fraction of sp³-hybridized carbons (Fsp3) is 0.0909. The van der Waals surface area contributed by atoms with Gasteiger partial charge in [-0.15, -0.1) is 0 Å². The number of sulfonamides is 1. The van der Waals surface area contributed by atoms with Crippen molar-refractivity contribution in [3.63, 3.8) is 0 Å². The summed E-state index contributed by atoms with van der Waals surface area (Å²) < 4.78 is 68.4. The molecule has 1 amide bonds. The van der Waals surface area contributed by atoms with Gasteiger partial charge in [0.25, 0.3) is 10.0 Å². The van der Waals surface area contributed by atoms with Gasteiger partial charge in [-0.3, -0.25) is 9.52 Å². The number of aromatic nitrogens is 2. The van der Waals surface area contributed by atoms with E-state index in [4.69, 9.17) is 0 Å². The zero-order chi connectivity index (χ0) is 23.6. The van der Waals surface area contributed by atoms with Gasteiger partial charge < -0.3 is 9.88 Å². The third-order valence-corrected chi connectivity index (χ3v) is 6.08. The number of para-hydroxylation sites is 3. The molecule has 4 rings (SSSR count). The molecule has 4 aromatic rings. The molecular weight excluding hydrogens is 457 g/mol. The first-order valence-electron chi connectivity index (χ1n) is 9.64. The van der Waals surface area contributed by atoms with Crippen LogP contribution in [0.1, 0.15) is 5.82 Å². The van der Waals surface area contributed by atoms with Crippen molar-refractivity contribution in [2.24, 2.45) is 0 Å². The van der Waals surface area contributed by atoms with Crippen molar-refractivity contribution < 1.29 is 26.4 Å². The smallest absolute Gasteiger partial charge is 0.325 e. The summed E-state index contributed by atoms with van der Waals surface area (Å²) in [5.41, 5.74) is 0.922. The van der Waals surface area contributed by atoms with Gasteiger partial charge in [-0.2, -0.15) is 13.2 Å². The van der Waals surface area contributed by atoms with E-state index < -0.39 is 34.5 Å². The molecule has 1 aromatic heterocycles. The van der Waals surface area contributed by atoms with Crippen molar-refractivity contribution in [2.75, 3.05) is 10.0 Å².